The Bertz CT molecular complexity index is 1100. The summed E-state index contributed by atoms with van der Waals surface area (Å²) >= 11 is 5.54. The number of alkyl halides is 3. The van der Waals surface area contributed by atoms with Crippen LogP contribution in [0.3, 0.4) is 0 Å². The lowest BCUT2D eigenvalue weighted by molar-refractivity contribution is -0.137. The molecule has 0 spiro atoms. The molecular formula is C23H19F3N4OS. The van der Waals surface area contributed by atoms with Crippen molar-refractivity contribution in [3.05, 3.63) is 59.2 Å². The molecule has 1 aliphatic rings. The van der Waals surface area contributed by atoms with Crippen LogP contribution in [-0.4, -0.2) is 17.6 Å². The Morgan fingerprint density at radius 2 is 1.75 bits per heavy atom. The number of carbonyl (C=O) groups excluding carboxylic acids is 1. The maximum absolute atomic E-state index is 13.4. The number of rotatable bonds is 5. The van der Waals surface area contributed by atoms with Crippen molar-refractivity contribution in [1.29, 1.82) is 10.5 Å². The molecule has 9 heteroatoms. The summed E-state index contributed by atoms with van der Waals surface area (Å²) in [6.07, 6.45) is -2.14. The second kappa shape index (κ2) is 9.80. The first-order chi connectivity index (χ1) is 15.3. The minimum atomic E-state index is -4.74. The zero-order valence-corrected chi connectivity index (χ0v) is 17.8. The molecule has 0 unspecified atom stereocenters. The third kappa shape index (κ3) is 5.06. The predicted octanol–water partition coefficient (Wildman–Crippen LogP) is 5.34. The molecule has 164 valence electrons. The number of anilines is 2. The van der Waals surface area contributed by atoms with Crippen molar-refractivity contribution in [2.75, 3.05) is 16.3 Å². The van der Waals surface area contributed by atoms with Gasteiger partial charge in [0.05, 0.1) is 29.0 Å². The Morgan fingerprint density at radius 1 is 1.06 bits per heavy atom. The fraction of sp³-hybridized carbons (Fsp3) is 0.304. The van der Waals surface area contributed by atoms with Crippen LogP contribution in [0.5, 0.6) is 0 Å². The summed E-state index contributed by atoms with van der Waals surface area (Å²) in [7, 11) is 0. The van der Waals surface area contributed by atoms with Gasteiger partial charge in [-0.3, -0.25) is 9.69 Å². The van der Waals surface area contributed by atoms with Crippen molar-refractivity contribution < 1.29 is 18.0 Å². The maximum atomic E-state index is 13.4. The normalized spacial score (nSPS) is 14.7. The Morgan fingerprint density at radius 3 is 2.38 bits per heavy atom. The molecule has 1 amide bonds. The summed E-state index contributed by atoms with van der Waals surface area (Å²) in [6, 6.07) is 14.3. The number of thiocarbonyl (C=S) groups is 1. The van der Waals surface area contributed by atoms with Gasteiger partial charge in [0.15, 0.2) is 5.11 Å². The highest BCUT2D eigenvalue weighted by molar-refractivity contribution is 7.81. The monoisotopic (exact) mass is 456 g/mol. The highest BCUT2D eigenvalue weighted by Gasteiger charge is 2.36. The SMILES string of the molecule is N#CCCCc1ccc(N2CCCC(=O)N(c3ccc(C#N)c(C(F)(F)F)c3)C2=S)cc1. The average Bonchev–Trinajstić information content (AvgIpc) is 2.91. The van der Waals surface area contributed by atoms with Crippen LogP contribution in [0.15, 0.2) is 42.5 Å². The molecule has 1 saturated heterocycles. The maximum Gasteiger partial charge on any atom is 0.417 e. The average molecular weight is 456 g/mol. The van der Waals surface area contributed by atoms with Crippen LogP contribution in [0.25, 0.3) is 0 Å². The van der Waals surface area contributed by atoms with E-state index >= 15 is 0 Å². The van der Waals surface area contributed by atoms with Crippen molar-refractivity contribution in [2.45, 2.75) is 38.3 Å². The molecule has 1 aliphatic heterocycles. The molecule has 0 radical (unpaired) electrons. The topological polar surface area (TPSA) is 71.1 Å². The van der Waals surface area contributed by atoms with E-state index in [-0.39, 0.29) is 17.2 Å². The fourth-order valence-corrected chi connectivity index (χ4v) is 3.94. The molecule has 1 fully saturated rings. The van der Waals surface area contributed by atoms with E-state index in [1.54, 1.807) is 11.0 Å². The molecular weight excluding hydrogens is 437 g/mol. The van der Waals surface area contributed by atoms with E-state index in [0.29, 0.717) is 19.4 Å². The highest BCUT2D eigenvalue weighted by Crippen LogP contribution is 2.35. The fourth-order valence-electron chi connectivity index (χ4n) is 3.53. The first-order valence-corrected chi connectivity index (χ1v) is 10.4. The van der Waals surface area contributed by atoms with E-state index in [1.165, 1.54) is 6.07 Å². The number of aryl methyl sites for hydroxylation is 1. The Labute approximate surface area is 189 Å². The smallest absolute Gasteiger partial charge is 0.318 e. The van der Waals surface area contributed by atoms with Gasteiger partial charge in [-0.2, -0.15) is 23.7 Å². The number of amides is 1. The van der Waals surface area contributed by atoms with E-state index < -0.39 is 23.2 Å². The highest BCUT2D eigenvalue weighted by atomic mass is 32.1. The number of nitrogens with zero attached hydrogens (tertiary/aromatic N) is 4. The zero-order chi connectivity index (χ0) is 23.3. The number of hydrogen-bond donors (Lipinski definition) is 0. The predicted molar refractivity (Wildman–Crippen MR) is 118 cm³/mol. The lowest BCUT2D eigenvalue weighted by Gasteiger charge is -2.30. The van der Waals surface area contributed by atoms with Gasteiger partial charge < -0.3 is 4.90 Å². The summed E-state index contributed by atoms with van der Waals surface area (Å²) in [5.41, 5.74) is 0.137. The summed E-state index contributed by atoms with van der Waals surface area (Å²) in [4.78, 5) is 15.6. The number of benzene rings is 2. The minimum absolute atomic E-state index is 0.0219. The van der Waals surface area contributed by atoms with Gasteiger partial charge in [0.2, 0.25) is 5.91 Å². The van der Waals surface area contributed by atoms with Crippen LogP contribution in [0, 0.1) is 22.7 Å². The van der Waals surface area contributed by atoms with Crippen LogP contribution in [0.1, 0.15) is 42.4 Å². The lowest BCUT2D eigenvalue weighted by Crippen LogP contribution is -2.44. The summed E-state index contributed by atoms with van der Waals surface area (Å²) in [5.74, 6) is -0.400. The molecule has 3 rings (SSSR count). The van der Waals surface area contributed by atoms with E-state index in [4.69, 9.17) is 22.7 Å². The van der Waals surface area contributed by atoms with Crippen LogP contribution >= 0.6 is 12.2 Å². The number of nitriles is 2. The third-order valence-corrected chi connectivity index (χ3v) is 5.54. The standard InChI is InChI=1S/C23H19F3N4OS/c24-23(25,26)20-14-19(11-8-17(20)15-28)30-21(31)5-3-13-29(22(30)32)18-9-6-16(7-10-18)4-1-2-12-27/h6-11,14H,1-5,13H2. The zero-order valence-electron chi connectivity index (χ0n) is 17.0. The number of halogens is 3. The van der Waals surface area contributed by atoms with E-state index in [2.05, 4.69) is 6.07 Å². The second-order valence-corrected chi connectivity index (χ2v) is 7.65. The van der Waals surface area contributed by atoms with Crippen LogP contribution < -0.4 is 9.80 Å². The number of carbonyl (C=O) groups is 1. The molecule has 0 aromatic heterocycles. The molecule has 0 bridgehead atoms. The molecule has 2 aromatic rings. The molecule has 0 aliphatic carbocycles. The van der Waals surface area contributed by atoms with Gasteiger partial charge in [0.1, 0.15) is 0 Å². The third-order valence-electron chi connectivity index (χ3n) is 5.13. The molecule has 0 atom stereocenters. The molecule has 5 nitrogen and oxygen atoms in total. The van der Waals surface area contributed by atoms with Crippen molar-refractivity contribution in [2.24, 2.45) is 0 Å². The van der Waals surface area contributed by atoms with Gasteiger partial charge in [-0.05, 0) is 67.4 Å². The number of hydrogen-bond acceptors (Lipinski definition) is 4. The van der Waals surface area contributed by atoms with E-state index in [0.717, 1.165) is 41.1 Å². The van der Waals surface area contributed by atoms with Crippen molar-refractivity contribution in [1.82, 2.24) is 0 Å². The summed E-state index contributed by atoms with van der Waals surface area (Å²) in [5, 5.41) is 17.8. The molecule has 0 saturated carbocycles. The van der Waals surface area contributed by atoms with Gasteiger partial charge in [-0.1, -0.05) is 12.1 Å². The molecule has 32 heavy (non-hydrogen) atoms. The van der Waals surface area contributed by atoms with E-state index in [9.17, 15) is 18.0 Å². The van der Waals surface area contributed by atoms with Crippen LogP contribution in [0.2, 0.25) is 0 Å². The quantitative estimate of drug-likeness (QED) is 0.449. The summed E-state index contributed by atoms with van der Waals surface area (Å²) in [6.45, 7) is 0.442. The Hall–Kier alpha value is -3.43. The van der Waals surface area contributed by atoms with Gasteiger partial charge >= 0.3 is 6.18 Å². The first kappa shape index (κ1) is 23.2. The Kier molecular flexibility index (Phi) is 7.12. The minimum Gasteiger partial charge on any atom is -0.318 e. The van der Waals surface area contributed by atoms with Crippen LogP contribution in [-0.2, 0) is 17.4 Å². The van der Waals surface area contributed by atoms with Gasteiger partial charge in [0.25, 0.3) is 0 Å². The summed E-state index contributed by atoms with van der Waals surface area (Å²) < 4.78 is 40.3. The second-order valence-electron chi connectivity index (χ2n) is 7.28. The Balaban J connectivity index is 1.93. The van der Waals surface area contributed by atoms with Gasteiger partial charge in [0, 0.05) is 25.1 Å². The number of unbranched alkanes of at least 4 members (excludes halogenated alkanes) is 1. The van der Waals surface area contributed by atoms with Crippen molar-refractivity contribution in [3.8, 4) is 12.1 Å². The molecule has 2 aromatic carbocycles. The lowest BCUT2D eigenvalue weighted by atomic mass is 10.1. The largest absolute Gasteiger partial charge is 0.417 e. The van der Waals surface area contributed by atoms with Crippen LogP contribution in [0.4, 0.5) is 24.5 Å². The molecule has 1 heterocycles. The molecule has 0 N–H and O–H groups in total. The first-order valence-electron chi connectivity index (χ1n) is 9.98. The van der Waals surface area contributed by atoms with Gasteiger partial charge in [-0.25, -0.2) is 0 Å². The van der Waals surface area contributed by atoms with E-state index in [1.807, 2.05) is 24.3 Å². The van der Waals surface area contributed by atoms with Gasteiger partial charge in [-0.15, -0.1) is 0 Å². The van der Waals surface area contributed by atoms with Crippen molar-refractivity contribution >= 4 is 34.6 Å². The van der Waals surface area contributed by atoms with Crippen molar-refractivity contribution in [3.63, 3.8) is 0 Å².